The second-order valence-corrected chi connectivity index (χ2v) is 8.26. The van der Waals surface area contributed by atoms with Gasteiger partial charge in [0.25, 0.3) is 5.91 Å². The summed E-state index contributed by atoms with van der Waals surface area (Å²) in [5.74, 6) is -0.235. The predicted octanol–water partition coefficient (Wildman–Crippen LogP) is 0.325. The van der Waals surface area contributed by atoms with Gasteiger partial charge < -0.3 is 15.3 Å². The van der Waals surface area contributed by atoms with Crippen molar-refractivity contribution in [2.45, 2.75) is 13.0 Å². The minimum absolute atomic E-state index is 0.0440. The van der Waals surface area contributed by atoms with Crippen molar-refractivity contribution >= 4 is 27.5 Å². The monoisotopic (exact) mass is 363 g/mol. The average molecular weight is 363 g/mol. The van der Waals surface area contributed by atoms with Gasteiger partial charge in [-0.05, 0) is 30.7 Å². The summed E-state index contributed by atoms with van der Waals surface area (Å²) in [6.45, 7) is 2.54. The molecule has 1 aromatic rings. The van der Waals surface area contributed by atoms with Crippen LogP contribution in [0.3, 0.4) is 0 Å². The Morgan fingerprint density at radius 2 is 1.96 bits per heavy atom. The number of carbonyl (C=O) groups is 1. The van der Waals surface area contributed by atoms with E-state index in [1.54, 1.807) is 19.1 Å². The zero-order valence-corrected chi connectivity index (χ0v) is 14.8. The standard InChI is InChI=1S/C17H21N3O4S/c1-13(21)12-19-17(22)15(11-18)10-14-2-4-16(5-3-14)20-6-8-25(23,24)9-7-20/h2-5,10,13,21H,6-9,12H2,1H3,(H,19,22)/b15-10+. The highest BCUT2D eigenvalue weighted by Gasteiger charge is 2.21. The van der Waals surface area contributed by atoms with Crippen LogP contribution in [0.25, 0.3) is 6.08 Å². The molecule has 7 nitrogen and oxygen atoms in total. The second kappa shape index (κ2) is 8.14. The molecule has 0 bridgehead atoms. The zero-order chi connectivity index (χ0) is 18.4. The van der Waals surface area contributed by atoms with E-state index in [-0.39, 0.29) is 23.6 Å². The highest BCUT2D eigenvalue weighted by atomic mass is 32.2. The Morgan fingerprint density at radius 1 is 1.36 bits per heavy atom. The van der Waals surface area contributed by atoms with E-state index < -0.39 is 21.8 Å². The number of hydrogen-bond acceptors (Lipinski definition) is 6. The molecule has 0 aromatic heterocycles. The van der Waals surface area contributed by atoms with E-state index >= 15 is 0 Å². The summed E-state index contributed by atoms with van der Waals surface area (Å²) in [4.78, 5) is 13.9. The molecular weight excluding hydrogens is 342 g/mol. The number of carbonyl (C=O) groups excluding carboxylic acids is 1. The maximum absolute atomic E-state index is 11.9. The molecule has 1 heterocycles. The van der Waals surface area contributed by atoms with Crippen molar-refractivity contribution in [3.05, 3.63) is 35.4 Å². The van der Waals surface area contributed by atoms with Crippen molar-refractivity contribution in [3.8, 4) is 6.07 Å². The van der Waals surface area contributed by atoms with E-state index in [2.05, 4.69) is 5.32 Å². The van der Waals surface area contributed by atoms with Gasteiger partial charge in [0.2, 0.25) is 0 Å². The topological polar surface area (TPSA) is 110 Å². The van der Waals surface area contributed by atoms with Crippen molar-refractivity contribution in [1.29, 1.82) is 5.26 Å². The van der Waals surface area contributed by atoms with Gasteiger partial charge in [0.15, 0.2) is 9.84 Å². The number of hydrogen-bond donors (Lipinski definition) is 2. The molecule has 0 spiro atoms. The summed E-state index contributed by atoms with van der Waals surface area (Å²) < 4.78 is 23.0. The van der Waals surface area contributed by atoms with Crippen molar-refractivity contribution < 1.29 is 18.3 Å². The fourth-order valence-corrected chi connectivity index (χ4v) is 3.60. The average Bonchev–Trinajstić information content (AvgIpc) is 2.58. The van der Waals surface area contributed by atoms with Gasteiger partial charge in [-0.15, -0.1) is 0 Å². The maximum atomic E-state index is 11.9. The first-order valence-electron chi connectivity index (χ1n) is 7.94. The Labute approximate surface area is 147 Å². The SMILES string of the molecule is CC(O)CNC(=O)/C(C#N)=C/c1ccc(N2CCS(=O)(=O)CC2)cc1. The van der Waals surface area contributed by atoms with Crippen LogP contribution in [0.4, 0.5) is 5.69 Å². The number of nitriles is 1. The fourth-order valence-electron chi connectivity index (χ4n) is 2.40. The second-order valence-electron chi connectivity index (χ2n) is 5.96. The molecule has 1 aliphatic heterocycles. The van der Waals surface area contributed by atoms with Gasteiger partial charge in [-0.3, -0.25) is 4.79 Å². The molecule has 1 aromatic carbocycles. The number of nitrogens with zero attached hydrogens (tertiary/aromatic N) is 2. The predicted molar refractivity (Wildman–Crippen MR) is 95.6 cm³/mol. The Morgan fingerprint density at radius 3 is 2.48 bits per heavy atom. The number of amides is 1. The lowest BCUT2D eigenvalue weighted by Gasteiger charge is -2.28. The van der Waals surface area contributed by atoms with Gasteiger partial charge in [0.05, 0.1) is 17.6 Å². The maximum Gasteiger partial charge on any atom is 0.262 e. The summed E-state index contributed by atoms with van der Waals surface area (Å²) in [5.41, 5.74) is 1.55. The lowest BCUT2D eigenvalue weighted by atomic mass is 10.1. The van der Waals surface area contributed by atoms with Crippen LogP contribution in [0.2, 0.25) is 0 Å². The molecule has 1 unspecified atom stereocenters. The molecule has 1 amide bonds. The molecule has 0 saturated carbocycles. The van der Waals surface area contributed by atoms with Crippen LogP contribution >= 0.6 is 0 Å². The summed E-state index contributed by atoms with van der Waals surface area (Å²) in [7, 11) is -2.92. The number of anilines is 1. The van der Waals surface area contributed by atoms with Crippen molar-refractivity contribution in [2.24, 2.45) is 0 Å². The molecule has 8 heteroatoms. The van der Waals surface area contributed by atoms with E-state index in [0.29, 0.717) is 18.7 Å². The van der Waals surface area contributed by atoms with Crippen molar-refractivity contribution in [1.82, 2.24) is 5.32 Å². The number of aliphatic hydroxyl groups excluding tert-OH is 1. The Kier molecular flexibility index (Phi) is 6.17. The first-order valence-corrected chi connectivity index (χ1v) is 9.76. The van der Waals surface area contributed by atoms with Crippen molar-refractivity contribution in [2.75, 3.05) is 36.0 Å². The molecule has 1 atom stereocenters. The third kappa shape index (κ3) is 5.59. The van der Waals surface area contributed by atoms with Crippen LogP contribution in [0.15, 0.2) is 29.8 Å². The fraction of sp³-hybridized carbons (Fsp3) is 0.412. The lowest BCUT2D eigenvalue weighted by molar-refractivity contribution is -0.117. The molecule has 1 fully saturated rings. The lowest BCUT2D eigenvalue weighted by Crippen LogP contribution is -2.40. The molecule has 1 aliphatic rings. The van der Waals surface area contributed by atoms with Gasteiger partial charge in [-0.2, -0.15) is 5.26 Å². The van der Waals surface area contributed by atoms with Crippen LogP contribution in [0.1, 0.15) is 12.5 Å². The summed E-state index contributed by atoms with van der Waals surface area (Å²) >= 11 is 0. The molecule has 1 saturated heterocycles. The molecule has 2 rings (SSSR count). The van der Waals surface area contributed by atoms with E-state index in [1.807, 2.05) is 23.1 Å². The van der Waals surface area contributed by atoms with Gasteiger partial charge in [-0.1, -0.05) is 12.1 Å². The van der Waals surface area contributed by atoms with Crippen molar-refractivity contribution in [3.63, 3.8) is 0 Å². The smallest absolute Gasteiger partial charge is 0.262 e. The minimum Gasteiger partial charge on any atom is -0.392 e. The highest BCUT2D eigenvalue weighted by Crippen LogP contribution is 2.19. The highest BCUT2D eigenvalue weighted by molar-refractivity contribution is 7.91. The molecule has 0 aliphatic carbocycles. The molecular formula is C17H21N3O4S. The third-order valence-corrected chi connectivity index (χ3v) is 5.45. The van der Waals surface area contributed by atoms with E-state index in [1.165, 1.54) is 6.08 Å². The number of nitrogens with one attached hydrogen (secondary N) is 1. The Bertz CT molecular complexity index is 778. The van der Waals surface area contributed by atoms with Gasteiger partial charge in [-0.25, -0.2) is 8.42 Å². The molecule has 134 valence electrons. The van der Waals surface area contributed by atoms with Gasteiger partial charge in [0, 0.05) is 25.3 Å². The number of rotatable bonds is 5. The molecule has 2 N–H and O–H groups in total. The van der Waals surface area contributed by atoms with Gasteiger partial charge >= 0.3 is 0 Å². The third-order valence-electron chi connectivity index (χ3n) is 3.84. The van der Waals surface area contributed by atoms with E-state index in [0.717, 1.165) is 5.69 Å². The summed E-state index contributed by atoms with van der Waals surface area (Å²) in [6.07, 6.45) is 0.790. The van der Waals surface area contributed by atoms with E-state index in [9.17, 15) is 18.3 Å². The summed E-state index contributed by atoms with van der Waals surface area (Å²) in [6, 6.07) is 9.08. The Hall–Kier alpha value is -2.37. The number of benzene rings is 1. The van der Waals surface area contributed by atoms with Crippen LogP contribution in [-0.4, -0.2) is 56.7 Å². The zero-order valence-electron chi connectivity index (χ0n) is 14.0. The van der Waals surface area contributed by atoms with E-state index in [4.69, 9.17) is 5.26 Å². The van der Waals surface area contributed by atoms with Crippen LogP contribution in [0.5, 0.6) is 0 Å². The Balaban J connectivity index is 2.06. The quantitative estimate of drug-likeness (QED) is 0.576. The number of aliphatic hydroxyl groups is 1. The largest absolute Gasteiger partial charge is 0.392 e. The summed E-state index contributed by atoms with van der Waals surface area (Å²) in [5, 5.41) is 20.8. The van der Waals surface area contributed by atoms with Crippen LogP contribution < -0.4 is 10.2 Å². The molecule has 0 radical (unpaired) electrons. The first-order chi connectivity index (χ1) is 11.8. The molecule has 25 heavy (non-hydrogen) atoms. The first kappa shape index (κ1) is 19.0. The van der Waals surface area contributed by atoms with Gasteiger partial charge in [0.1, 0.15) is 11.6 Å². The normalized spacial score (nSPS) is 18.3. The minimum atomic E-state index is -2.92. The number of sulfone groups is 1. The van der Waals surface area contributed by atoms with Crippen LogP contribution in [-0.2, 0) is 14.6 Å². The van der Waals surface area contributed by atoms with Crippen LogP contribution in [0, 0.1) is 11.3 Å².